The van der Waals surface area contributed by atoms with Crippen LogP contribution in [-0.4, -0.2) is 106 Å². The molecule has 0 amide bonds. The Bertz CT molecular complexity index is 147. The summed E-state index contributed by atoms with van der Waals surface area (Å²) in [7, 11) is 4.49. The summed E-state index contributed by atoms with van der Waals surface area (Å²) in [5, 5.41) is 0. The molecular formula is C6H19KN2O2Si2. The van der Waals surface area contributed by atoms with Crippen molar-refractivity contribution in [2.24, 2.45) is 0 Å². The van der Waals surface area contributed by atoms with Crippen LogP contribution < -0.4 is 0 Å². The fraction of sp³-hybridized carbons (Fsp3) is 1.00. The molecule has 0 rings (SSSR count). The van der Waals surface area contributed by atoms with Gasteiger partial charge in [0.2, 0.25) is 0 Å². The zero-order chi connectivity index (χ0) is 10.3. The Morgan fingerprint density at radius 2 is 0.846 bits per heavy atom. The molecule has 0 aromatic heterocycles. The molecule has 0 aromatic carbocycles. The molecule has 0 atom stereocenters. The van der Waals surface area contributed by atoms with Gasteiger partial charge in [-0.15, -0.1) is 0 Å². The number of hydrogen-bond acceptors (Lipinski definition) is 2. The van der Waals surface area contributed by atoms with Crippen LogP contribution in [0.1, 0.15) is 0 Å². The molecule has 0 aliphatic rings. The third-order valence-electron chi connectivity index (χ3n) is 1.26. The predicted octanol–water partition coefficient (Wildman–Crippen LogP) is -0.455. The summed E-state index contributed by atoms with van der Waals surface area (Å²) in [5.41, 5.74) is 0. The fourth-order valence-corrected chi connectivity index (χ4v) is 0. The molecule has 0 radical (unpaired) electrons. The van der Waals surface area contributed by atoms with Gasteiger partial charge in [0.25, 0.3) is 0 Å². The van der Waals surface area contributed by atoms with Gasteiger partial charge in [0.1, 0.15) is 0 Å². The molecule has 0 heterocycles. The van der Waals surface area contributed by atoms with Crippen molar-refractivity contribution in [3.8, 4) is 0 Å². The maximum absolute atomic E-state index is 10.3. The summed E-state index contributed by atoms with van der Waals surface area (Å²) in [6.07, 6.45) is 0. The Morgan fingerprint density at radius 1 is 0.769 bits per heavy atom. The Labute approximate surface area is 127 Å². The summed E-state index contributed by atoms with van der Waals surface area (Å²) in [6.45, 7) is 3.43. The topological polar surface area (TPSA) is 40.6 Å². The van der Waals surface area contributed by atoms with E-state index in [2.05, 4.69) is 0 Å². The molecular weight excluding hydrogens is 227 g/mol. The van der Waals surface area contributed by atoms with E-state index in [0.29, 0.717) is 0 Å². The SMILES string of the molecule is CN(C)[Si](C)=O.CN(C)[Si](C)=O.[KH]. The Balaban J connectivity index is -0.000000143. The van der Waals surface area contributed by atoms with Gasteiger partial charge in [-0.25, -0.2) is 0 Å². The van der Waals surface area contributed by atoms with Crippen LogP contribution in [0.3, 0.4) is 0 Å². The number of rotatable bonds is 2. The quantitative estimate of drug-likeness (QED) is 0.619. The summed E-state index contributed by atoms with van der Waals surface area (Å²) >= 11 is 0. The molecule has 74 valence electrons. The van der Waals surface area contributed by atoms with Gasteiger partial charge < -0.3 is 18.1 Å². The van der Waals surface area contributed by atoms with Gasteiger partial charge in [-0.1, -0.05) is 0 Å². The molecule has 0 fully saturated rings. The van der Waals surface area contributed by atoms with E-state index in [4.69, 9.17) is 0 Å². The second-order valence-corrected chi connectivity index (χ2v) is 6.69. The first-order valence-electron chi connectivity index (χ1n) is 3.64. The van der Waals surface area contributed by atoms with Gasteiger partial charge in [-0.3, -0.25) is 0 Å². The molecule has 0 N–H and O–H groups in total. The van der Waals surface area contributed by atoms with E-state index in [1.54, 1.807) is 50.4 Å². The van der Waals surface area contributed by atoms with Gasteiger partial charge >= 0.3 is 69.1 Å². The van der Waals surface area contributed by atoms with Crippen molar-refractivity contribution in [2.75, 3.05) is 28.2 Å². The van der Waals surface area contributed by atoms with Crippen LogP contribution in [0.4, 0.5) is 0 Å². The normalized spacial score (nSPS) is 7.23. The molecule has 13 heavy (non-hydrogen) atoms. The first-order valence-corrected chi connectivity index (χ1v) is 7.36. The molecule has 0 spiro atoms. The summed E-state index contributed by atoms with van der Waals surface area (Å²) in [6, 6.07) is 0. The van der Waals surface area contributed by atoms with E-state index in [1.165, 1.54) is 0 Å². The first kappa shape index (κ1) is 19.8. The van der Waals surface area contributed by atoms with Crippen LogP contribution in [0.25, 0.3) is 0 Å². The van der Waals surface area contributed by atoms with Crippen LogP contribution in [-0.2, 0) is 8.92 Å². The fourth-order valence-electron chi connectivity index (χ4n) is 0. The van der Waals surface area contributed by atoms with Crippen LogP contribution in [0.2, 0.25) is 13.1 Å². The molecule has 0 saturated carbocycles. The molecule has 0 unspecified atom stereocenters. The van der Waals surface area contributed by atoms with Crippen molar-refractivity contribution < 1.29 is 8.92 Å². The molecule has 4 nitrogen and oxygen atoms in total. The minimum absolute atomic E-state index is 0. The summed E-state index contributed by atoms with van der Waals surface area (Å²) in [4.78, 5) is 0. The zero-order valence-electron chi connectivity index (χ0n) is 8.71. The van der Waals surface area contributed by atoms with Crippen molar-refractivity contribution in [3.05, 3.63) is 0 Å². The molecule has 7 heteroatoms. The van der Waals surface area contributed by atoms with Crippen LogP contribution in [0.5, 0.6) is 0 Å². The molecule has 0 aliphatic heterocycles. The first-order chi connectivity index (χ1) is 5.29. The second-order valence-electron chi connectivity index (χ2n) is 2.83. The van der Waals surface area contributed by atoms with Crippen LogP contribution >= 0.6 is 0 Å². The summed E-state index contributed by atoms with van der Waals surface area (Å²) in [5.74, 6) is 0. The third-order valence-corrected chi connectivity index (χ3v) is 3.78. The van der Waals surface area contributed by atoms with E-state index in [0.717, 1.165) is 0 Å². The molecule has 0 aliphatic carbocycles. The third kappa shape index (κ3) is 19.6. The van der Waals surface area contributed by atoms with Crippen molar-refractivity contribution in [2.45, 2.75) is 13.1 Å². The Kier molecular flexibility index (Phi) is 17.3. The van der Waals surface area contributed by atoms with E-state index in [-0.39, 0.29) is 51.4 Å². The van der Waals surface area contributed by atoms with Crippen molar-refractivity contribution in [1.29, 1.82) is 0 Å². The number of nitrogens with zero attached hydrogens (tertiary/aromatic N) is 2. The average molecular weight is 246 g/mol. The van der Waals surface area contributed by atoms with E-state index >= 15 is 0 Å². The maximum atomic E-state index is 10.3. The number of hydrogen-bond donors (Lipinski definition) is 0. The van der Waals surface area contributed by atoms with E-state index in [1.807, 2.05) is 0 Å². The molecule has 0 aromatic rings. The van der Waals surface area contributed by atoms with Gasteiger partial charge in [0.15, 0.2) is 0 Å². The van der Waals surface area contributed by atoms with Gasteiger partial charge in [0, 0.05) is 0 Å². The van der Waals surface area contributed by atoms with E-state index in [9.17, 15) is 8.92 Å². The Morgan fingerprint density at radius 3 is 0.846 bits per heavy atom. The van der Waals surface area contributed by atoms with Crippen molar-refractivity contribution in [3.63, 3.8) is 0 Å². The Hall–Kier alpha value is 1.27. The van der Waals surface area contributed by atoms with E-state index < -0.39 is 17.7 Å². The summed E-state index contributed by atoms with van der Waals surface area (Å²) < 4.78 is 23.9. The van der Waals surface area contributed by atoms with Crippen LogP contribution in [0.15, 0.2) is 0 Å². The average Bonchev–Trinajstić information content (AvgIpc) is 1.88. The monoisotopic (exact) mass is 246 g/mol. The van der Waals surface area contributed by atoms with Gasteiger partial charge in [-0.05, 0) is 41.3 Å². The van der Waals surface area contributed by atoms with Crippen molar-refractivity contribution >= 4 is 69.1 Å². The predicted molar refractivity (Wildman–Crippen MR) is 59.1 cm³/mol. The molecule has 0 saturated heterocycles. The molecule has 0 bridgehead atoms. The standard InChI is InChI=1S/2C3H9NOSi.K.H/c2*1-4(2)6(3)5;;/h2*1-3H3;;. The minimum atomic E-state index is -1.37. The zero-order valence-corrected chi connectivity index (χ0v) is 10.7. The second kappa shape index (κ2) is 11.3. The van der Waals surface area contributed by atoms with Gasteiger partial charge in [0.05, 0.1) is 0 Å². The van der Waals surface area contributed by atoms with Crippen molar-refractivity contribution in [1.82, 2.24) is 9.13 Å². The van der Waals surface area contributed by atoms with Crippen LogP contribution in [0, 0.1) is 0 Å². The van der Waals surface area contributed by atoms with Gasteiger partial charge in [-0.2, -0.15) is 0 Å².